The number of benzene rings is 2. The van der Waals surface area contributed by atoms with Crippen molar-refractivity contribution in [2.45, 2.75) is 80.7 Å². The fourth-order valence-electron chi connectivity index (χ4n) is 5.29. The third kappa shape index (κ3) is 5.16. The number of aliphatic hydroxyl groups excluding tert-OH is 6. The van der Waals surface area contributed by atoms with Crippen LogP contribution in [0.15, 0.2) is 36.4 Å². The van der Waals surface area contributed by atoms with Crippen LogP contribution in [0.25, 0.3) is 0 Å². The molecule has 3 heterocycles. The monoisotopic (exact) mass is 564 g/mol. The Bertz CT molecular complexity index is 1220. The summed E-state index contributed by atoms with van der Waals surface area (Å²) in [5.74, 6) is -0.792. The molecule has 3 aliphatic heterocycles. The Balaban J connectivity index is 1.49. The third-order valence-electron chi connectivity index (χ3n) is 7.58. The molecule has 2 saturated heterocycles. The number of hydrogen-bond acceptors (Lipinski definition) is 13. The molecule has 0 radical (unpaired) electrons. The van der Waals surface area contributed by atoms with E-state index in [4.69, 9.17) is 18.9 Å². The summed E-state index contributed by atoms with van der Waals surface area (Å²) in [6.45, 7) is 0.763. The Morgan fingerprint density at radius 2 is 1.57 bits per heavy atom. The largest absolute Gasteiger partial charge is 0.508 e. The lowest BCUT2D eigenvalue weighted by Gasteiger charge is -2.46. The van der Waals surface area contributed by atoms with Crippen LogP contribution in [0.1, 0.15) is 47.0 Å². The molecule has 2 aromatic rings. The van der Waals surface area contributed by atoms with Gasteiger partial charge in [0.2, 0.25) is 0 Å². The molecule has 13 heteroatoms. The first-order valence-electron chi connectivity index (χ1n) is 12.8. The Morgan fingerprint density at radius 1 is 0.875 bits per heavy atom. The SMILES string of the molecule is C[C@@H]1O[C@@H](O[C@@H]2[C@@H](O)[C@H](O)[C@@H](CO)O[C@H]2c2cc(O)c3c(c2)OC(c2ccc(O)cc2)CC3=O)[C@H](O)[C@H](O)[C@H]1O. The van der Waals surface area contributed by atoms with Crippen molar-refractivity contribution in [1.29, 1.82) is 0 Å². The fraction of sp³-hybridized carbons (Fsp3) is 0.519. The van der Waals surface area contributed by atoms with Gasteiger partial charge in [-0.05, 0) is 42.3 Å². The predicted octanol–water partition coefficient (Wildman–Crippen LogP) is -0.829. The number of fused-ring (bicyclic) bond motifs is 1. The van der Waals surface area contributed by atoms with Gasteiger partial charge in [0.25, 0.3) is 0 Å². The summed E-state index contributed by atoms with van der Waals surface area (Å²) in [6, 6.07) is 8.71. The highest BCUT2D eigenvalue weighted by atomic mass is 16.7. The zero-order chi connectivity index (χ0) is 28.9. The highest BCUT2D eigenvalue weighted by Gasteiger charge is 2.50. The van der Waals surface area contributed by atoms with Crippen molar-refractivity contribution in [2.75, 3.05) is 6.61 Å². The number of aromatic hydroxyl groups is 2. The summed E-state index contributed by atoms with van der Waals surface area (Å²) in [5, 5.41) is 82.3. The maximum absolute atomic E-state index is 12.9. The lowest BCUT2D eigenvalue weighted by Crippen LogP contribution is -2.61. The van der Waals surface area contributed by atoms with Crippen molar-refractivity contribution in [1.82, 2.24) is 0 Å². The first-order chi connectivity index (χ1) is 19.0. The van der Waals surface area contributed by atoms with E-state index in [1.807, 2.05) is 0 Å². The van der Waals surface area contributed by atoms with Crippen LogP contribution in [-0.4, -0.2) is 108 Å². The van der Waals surface area contributed by atoms with Gasteiger partial charge >= 0.3 is 0 Å². The first kappa shape index (κ1) is 28.7. The van der Waals surface area contributed by atoms with E-state index in [-0.39, 0.29) is 29.0 Å². The molecule has 1 unspecified atom stereocenters. The van der Waals surface area contributed by atoms with Gasteiger partial charge in [-0.2, -0.15) is 0 Å². The molecule has 0 aliphatic carbocycles. The van der Waals surface area contributed by atoms with Crippen LogP contribution >= 0.6 is 0 Å². The maximum Gasteiger partial charge on any atom is 0.187 e. The van der Waals surface area contributed by atoms with Gasteiger partial charge in [-0.1, -0.05) is 12.1 Å². The van der Waals surface area contributed by atoms with Crippen LogP contribution in [0, 0.1) is 0 Å². The zero-order valence-corrected chi connectivity index (χ0v) is 21.3. The Morgan fingerprint density at radius 3 is 2.25 bits per heavy atom. The Hall–Kier alpha value is -2.85. The highest BCUT2D eigenvalue weighted by Crippen LogP contribution is 2.44. The molecule has 11 atom stereocenters. The second-order valence-electron chi connectivity index (χ2n) is 10.3. The van der Waals surface area contributed by atoms with Crippen LogP contribution in [0.3, 0.4) is 0 Å². The van der Waals surface area contributed by atoms with Gasteiger partial charge in [0.1, 0.15) is 77.7 Å². The number of ketones is 1. The number of phenols is 2. The van der Waals surface area contributed by atoms with Gasteiger partial charge in [0, 0.05) is 0 Å². The van der Waals surface area contributed by atoms with Crippen molar-refractivity contribution in [3.05, 3.63) is 53.1 Å². The molecule has 218 valence electrons. The molecule has 3 aliphatic rings. The lowest BCUT2D eigenvalue weighted by atomic mass is 9.88. The van der Waals surface area contributed by atoms with Crippen molar-refractivity contribution in [2.24, 2.45) is 0 Å². The topological polar surface area (TPSA) is 216 Å². The van der Waals surface area contributed by atoms with E-state index < -0.39 is 85.5 Å². The van der Waals surface area contributed by atoms with Gasteiger partial charge in [0.15, 0.2) is 12.1 Å². The number of hydrogen-bond donors (Lipinski definition) is 8. The second-order valence-corrected chi connectivity index (χ2v) is 10.3. The van der Waals surface area contributed by atoms with Crippen LogP contribution in [-0.2, 0) is 14.2 Å². The second kappa shape index (κ2) is 11.2. The minimum absolute atomic E-state index is 0.00829. The number of carbonyl (C=O) groups excluding carboxylic acids is 1. The summed E-state index contributed by atoms with van der Waals surface area (Å²) < 4.78 is 23.2. The molecule has 8 N–H and O–H groups in total. The summed E-state index contributed by atoms with van der Waals surface area (Å²) >= 11 is 0. The van der Waals surface area contributed by atoms with Gasteiger partial charge in [0.05, 0.1) is 19.1 Å². The molecule has 40 heavy (non-hydrogen) atoms. The van der Waals surface area contributed by atoms with Crippen molar-refractivity contribution >= 4 is 5.78 Å². The van der Waals surface area contributed by atoms with E-state index in [1.54, 1.807) is 12.1 Å². The minimum Gasteiger partial charge on any atom is -0.508 e. The quantitative estimate of drug-likeness (QED) is 0.223. The Labute approximate surface area is 228 Å². The summed E-state index contributed by atoms with van der Waals surface area (Å²) in [5.41, 5.74) is 0.682. The molecule has 0 saturated carbocycles. The first-order valence-corrected chi connectivity index (χ1v) is 12.8. The van der Waals surface area contributed by atoms with Crippen LogP contribution in [0.2, 0.25) is 0 Å². The molecular weight excluding hydrogens is 532 g/mol. The minimum atomic E-state index is -1.73. The average molecular weight is 565 g/mol. The number of rotatable bonds is 5. The van der Waals surface area contributed by atoms with Gasteiger partial charge in [-0.15, -0.1) is 0 Å². The van der Waals surface area contributed by atoms with E-state index in [0.29, 0.717) is 5.56 Å². The molecule has 2 fully saturated rings. The van der Waals surface area contributed by atoms with Crippen molar-refractivity contribution in [3.8, 4) is 17.2 Å². The molecule has 13 nitrogen and oxygen atoms in total. The molecule has 0 bridgehead atoms. The average Bonchev–Trinajstić information content (AvgIpc) is 2.93. The van der Waals surface area contributed by atoms with Crippen LogP contribution < -0.4 is 4.74 Å². The van der Waals surface area contributed by atoms with Crippen molar-refractivity contribution in [3.63, 3.8) is 0 Å². The zero-order valence-electron chi connectivity index (χ0n) is 21.3. The normalized spacial score (nSPS) is 38.0. The van der Waals surface area contributed by atoms with Gasteiger partial charge in [-0.3, -0.25) is 4.79 Å². The Kier molecular flexibility index (Phi) is 8.03. The summed E-state index contributed by atoms with van der Waals surface area (Å²) in [4.78, 5) is 12.9. The molecule has 0 spiro atoms. The number of phenolic OH excluding ortho intramolecular Hbond substituents is 2. The van der Waals surface area contributed by atoms with E-state index in [1.165, 1.54) is 31.2 Å². The van der Waals surface area contributed by atoms with E-state index >= 15 is 0 Å². The molecular formula is C27H32O13. The number of ether oxygens (including phenoxy) is 4. The smallest absolute Gasteiger partial charge is 0.187 e. The van der Waals surface area contributed by atoms with Gasteiger partial charge < -0.3 is 59.8 Å². The molecule has 5 rings (SSSR count). The number of carbonyl (C=O) groups is 1. The van der Waals surface area contributed by atoms with Crippen LogP contribution in [0.5, 0.6) is 17.2 Å². The highest BCUT2D eigenvalue weighted by molar-refractivity contribution is 6.02. The molecule has 0 aromatic heterocycles. The predicted molar refractivity (Wildman–Crippen MR) is 132 cm³/mol. The standard InChI is InChI=1S/C27H32O13/c1-10-20(32)22(34)24(36)27(37-10)40-26-23(35)21(33)18(9-28)39-25(26)12-6-14(30)19-15(31)8-16(38-17(19)7-12)11-2-4-13(29)5-3-11/h2-7,10,16,18,20-30,32-36H,8-9H2,1H3/t10-,16?,18+,20-,21+,22+,23-,24+,25-,26+,27-/m0/s1. The van der Waals surface area contributed by atoms with Crippen molar-refractivity contribution < 1.29 is 64.6 Å². The lowest BCUT2D eigenvalue weighted by molar-refractivity contribution is -0.338. The fourth-order valence-corrected chi connectivity index (χ4v) is 5.29. The summed E-state index contributed by atoms with van der Waals surface area (Å²) in [7, 11) is 0. The van der Waals surface area contributed by atoms with E-state index in [2.05, 4.69) is 0 Å². The summed E-state index contributed by atoms with van der Waals surface area (Å²) in [6.07, 6.45) is -15.4. The van der Waals surface area contributed by atoms with E-state index in [0.717, 1.165) is 0 Å². The van der Waals surface area contributed by atoms with Crippen LogP contribution in [0.4, 0.5) is 0 Å². The maximum atomic E-state index is 12.9. The number of aliphatic hydroxyl groups is 6. The number of Topliss-reactive ketones (excluding diaryl/α,β-unsaturated/α-hetero) is 1. The molecule has 2 aromatic carbocycles. The van der Waals surface area contributed by atoms with Gasteiger partial charge in [-0.25, -0.2) is 0 Å². The molecule has 0 amide bonds. The third-order valence-corrected chi connectivity index (χ3v) is 7.58. The van der Waals surface area contributed by atoms with E-state index in [9.17, 15) is 45.6 Å².